The predicted molar refractivity (Wildman–Crippen MR) is 133 cm³/mol. The first kappa shape index (κ1) is 22.0. The van der Waals surface area contributed by atoms with Crippen LogP contribution < -0.4 is 10.6 Å². The van der Waals surface area contributed by atoms with Crippen LogP contribution in [-0.4, -0.2) is 23.4 Å². The molecule has 5 rings (SSSR count). The number of rotatable bonds is 4. The maximum Gasteiger partial charge on any atom is 0.255 e. The average molecular weight is 460 g/mol. The molecule has 0 saturated heterocycles. The van der Waals surface area contributed by atoms with Gasteiger partial charge in [0.15, 0.2) is 11.6 Å². The summed E-state index contributed by atoms with van der Waals surface area (Å²) in [6.07, 6.45) is 0. The zero-order valence-electron chi connectivity index (χ0n) is 18.8. The predicted octanol–water partition coefficient (Wildman–Crippen LogP) is 5.28. The van der Waals surface area contributed by atoms with Crippen LogP contribution in [0.1, 0.15) is 58.1 Å². The minimum atomic E-state index is -0.398. The van der Waals surface area contributed by atoms with Crippen LogP contribution in [0.15, 0.2) is 91.0 Å². The van der Waals surface area contributed by atoms with E-state index in [9.17, 15) is 19.2 Å². The maximum atomic E-state index is 13.6. The summed E-state index contributed by atoms with van der Waals surface area (Å²) in [7, 11) is 0. The normalized spacial score (nSPS) is 11.9. The summed E-state index contributed by atoms with van der Waals surface area (Å²) in [6.45, 7) is 1.82. The summed E-state index contributed by atoms with van der Waals surface area (Å²) in [5, 5.41) is 5.56. The molecule has 0 spiro atoms. The second kappa shape index (κ2) is 8.83. The molecular formula is C29H20N2O4. The molecule has 170 valence electrons. The van der Waals surface area contributed by atoms with Gasteiger partial charge in [0.1, 0.15) is 0 Å². The van der Waals surface area contributed by atoms with Crippen molar-refractivity contribution in [2.75, 3.05) is 10.6 Å². The van der Waals surface area contributed by atoms with E-state index in [0.29, 0.717) is 11.1 Å². The van der Waals surface area contributed by atoms with E-state index in [1.54, 1.807) is 78.9 Å². The molecule has 6 nitrogen and oxygen atoms in total. The first-order chi connectivity index (χ1) is 17.0. The standard InChI is InChI=1S/C29H20N2O4/c1-17-9-5-6-12-19(17)29(35)31-23-16-8-14-21-25(23)27(33)20-13-7-15-22(24(20)26(21)32)30-28(34)18-10-3-2-4-11-18/h2-16H,1H3,(H,30,34)(H,31,35). The van der Waals surface area contributed by atoms with Gasteiger partial charge in [0, 0.05) is 22.3 Å². The third-order valence-electron chi connectivity index (χ3n) is 5.99. The molecule has 2 amide bonds. The topological polar surface area (TPSA) is 92.3 Å². The third kappa shape index (κ3) is 3.91. The van der Waals surface area contributed by atoms with Crippen molar-refractivity contribution in [3.63, 3.8) is 0 Å². The number of anilines is 2. The molecule has 1 aliphatic rings. The molecule has 0 unspecified atom stereocenters. The van der Waals surface area contributed by atoms with Gasteiger partial charge in [-0.3, -0.25) is 19.2 Å². The second-order valence-electron chi connectivity index (χ2n) is 8.20. The highest BCUT2D eigenvalue weighted by atomic mass is 16.2. The monoisotopic (exact) mass is 460 g/mol. The zero-order chi connectivity index (χ0) is 24.5. The van der Waals surface area contributed by atoms with E-state index in [0.717, 1.165) is 5.56 Å². The van der Waals surface area contributed by atoms with Gasteiger partial charge in [-0.15, -0.1) is 0 Å². The molecule has 0 heterocycles. The largest absolute Gasteiger partial charge is 0.321 e. The fraction of sp³-hybridized carbons (Fsp3) is 0.0345. The number of fused-ring (bicyclic) bond motifs is 2. The Morgan fingerprint density at radius 1 is 0.571 bits per heavy atom. The van der Waals surface area contributed by atoms with E-state index in [4.69, 9.17) is 0 Å². The maximum absolute atomic E-state index is 13.6. The molecule has 0 bridgehead atoms. The molecule has 0 saturated carbocycles. The van der Waals surface area contributed by atoms with Crippen LogP contribution in [0.3, 0.4) is 0 Å². The van der Waals surface area contributed by atoms with Crippen LogP contribution in [0.25, 0.3) is 0 Å². The van der Waals surface area contributed by atoms with E-state index in [2.05, 4.69) is 10.6 Å². The molecule has 0 radical (unpaired) electrons. The van der Waals surface area contributed by atoms with Crippen LogP contribution in [0.5, 0.6) is 0 Å². The van der Waals surface area contributed by atoms with Crippen molar-refractivity contribution >= 4 is 34.8 Å². The zero-order valence-corrected chi connectivity index (χ0v) is 18.8. The Morgan fingerprint density at radius 3 is 1.66 bits per heavy atom. The fourth-order valence-electron chi connectivity index (χ4n) is 4.25. The van der Waals surface area contributed by atoms with Crippen molar-refractivity contribution in [3.8, 4) is 0 Å². The second-order valence-corrected chi connectivity index (χ2v) is 8.20. The van der Waals surface area contributed by atoms with Crippen molar-refractivity contribution in [1.29, 1.82) is 0 Å². The Balaban J connectivity index is 1.52. The average Bonchev–Trinajstić information content (AvgIpc) is 2.88. The SMILES string of the molecule is Cc1ccccc1C(=O)Nc1cccc2c1C(=O)c1cccc(NC(=O)c3ccccc3)c1C2=O. The molecular weight excluding hydrogens is 440 g/mol. The lowest BCUT2D eigenvalue weighted by Crippen LogP contribution is -2.26. The van der Waals surface area contributed by atoms with E-state index in [1.165, 1.54) is 0 Å². The van der Waals surface area contributed by atoms with E-state index in [-0.39, 0.29) is 45.4 Å². The van der Waals surface area contributed by atoms with Gasteiger partial charge in [0.2, 0.25) is 0 Å². The lowest BCUT2D eigenvalue weighted by atomic mass is 9.82. The summed E-state index contributed by atoms with van der Waals surface area (Å²) >= 11 is 0. The summed E-state index contributed by atoms with van der Waals surface area (Å²) in [5.74, 6) is -1.55. The highest BCUT2D eigenvalue weighted by Crippen LogP contribution is 2.35. The van der Waals surface area contributed by atoms with Crippen molar-refractivity contribution in [3.05, 3.63) is 130 Å². The summed E-state index contributed by atoms with van der Waals surface area (Å²) < 4.78 is 0. The Hall–Kier alpha value is -4.84. The first-order valence-electron chi connectivity index (χ1n) is 11.0. The van der Waals surface area contributed by atoms with Crippen molar-refractivity contribution < 1.29 is 19.2 Å². The van der Waals surface area contributed by atoms with Gasteiger partial charge in [0.05, 0.1) is 22.5 Å². The third-order valence-corrected chi connectivity index (χ3v) is 5.99. The Morgan fingerprint density at radius 2 is 1.09 bits per heavy atom. The Kier molecular flexibility index (Phi) is 5.55. The number of hydrogen-bond acceptors (Lipinski definition) is 4. The van der Waals surface area contributed by atoms with Gasteiger partial charge in [-0.05, 0) is 42.8 Å². The van der Waals surface area contributed by atoms with Crippen LogP contribution in [0, 0.1) is 6.92 Å². The molecule has 0 aliphatic heterocycles. The Labute approximate surface area is 201 Å². The lowest BCUT2D eigenvalue weighted by molar-refractivity contribution is 0.0977. The minimum Gasteiger partial charge on any atom is -0.321 e. The van der Waals surface area contributed by atoms with Crippen LogP contribution in [0.4, 0.5) is 11.4 Å². The highest BCUT2D eigenvalue weighted by molar-refractivity contribution is 6.32. The van der Waals surface area contributed by atoms with Gasteiger partial charge in [-0.1, -0.05) is 60.7 Å². The van der Waals surface area contributed by atoms with Crippen LogP contribution in [0.2, 0.25) is 0 Å². The van der Waals surface area contributed by atoms with Gasteiger partial charge in [0.25, 0.3) is 11.8 Å². The van der Waals surface area contributed by atoms with Gasteiger partial charge >= 0.3 is 0 Å². The molecule has 0 fully saturated rings. The number of nitrogens with one attached hydrogen (secondary N) is 2. The quantitative estimate of drug-likeness (QED) is 0.382. The fourth-order valence-corrected chi connectivity index (χ4v) is 4.25. The molecule has 6 heteroatoms. The highest BCUT2D eigenvalue weighted by Gasteiger charge is 2.34. The number of carbonyl (C=O) groups excluding carboxylic acids is 4. The summed E-state index contributed by atoms with van der Waals surface area (Å²) in [5.41, 5.74) is 2.84. The minimum absolute atomic E-state index is 0.136. The van der Waals surface area contributed by atoms with E-state index in [1.807, 2.05) is 19.1 Å². The van der Waals surface area contributed by atoms with Gasteiger partial charge < -0.3 is 10.6 Å². The Bertz CT molecular complexity index is 1520. The molecule has 0 atom stereocenters. The van der Waals surface area contributed by atoms with Crippen LogP contribution >= 0.6 is 0 Å². The smallest absolute Gasteiger partial charge is 0.255 e. The van der Waals surface area contributed by atoms with E-state index < -0.39 is 11.6 Å². The molecule has 4 aromatic carbocycles. The van der Waals surface area contributed by atoms with Crippen molar-refractivity contribution in [2.45, 2.75) is 6.92 Å². The van der Waals surface area contributed by atoms with Gasteiger partial charge in [-0.25, -0.2) is 0 Å². The summed E-state index contributed by atoms with van der Waals surface area (Å²) in [6, 6.07) is 25.3. The molecule has 35 heavy (non-hydrogen) atoms. The van der Waals surface area contributed by atoms with E-state index >= 15 is 0 Å². The van der Waals surface area contributed by atoms with Crippen molar-refractivity contribution in [1.82, 2.24) is 0 Å². The van der Waals surface area contributed by atoms with Crippen LogP contribution in [-0.2, 0) is 0 Å². The first-order valence-corrected chi connectivity index (χ1v) is 11.0. The lowest BCUT2D eigenvalue weighted by Gasteiger charge is -2.22. The number of aryl methyl sites for hydroxylation is 1. The molecule has 0 aromatic heterocycles. The molecule has 4 aromatic rings. The van der Waals surface area contributed by atoms with Gasteiger partial charge in [-0.2, -0.15) is 0 Å². The molecule has 2 N–H and O–H groups in total. The number of carbonyl (C=O) groups is 4. The van der Waals surface area contributed by atoms with Crippen molar-refractivity contribution in [2.24, 2.45) is 0 Å². The number of amides is 2. The molecule has 1 aliphatic carbocycles. The number of hydrogen-bond donors (Lipinski definition) is 2. The number of benzene rings is 4. The number of ketones is 2. The summed E-state index contributed by atoms with van der Waals surface area (Å²) in [4.78, 5) is 52.7.